The van der Waals surface area contributed by atoms with Gasteiger partial charge >= 0.3 is 0 Å². The molecule has 1 saturated carbocycles. The number of halogens is 3. The minimum Gasteiger partial charge on any atom is -0.207 e. The minimum atomic E-state index is -0.489. The molecule has 0 saturated heterocycles. The van der Waals surface area contributed by atoms with Crippen molar-refractivity contribution >= 4 is 11.6 Å². The van der Waals surface area contributed by atoms with Crippen LogP contribution in [-0.2, 0) is 6.42 Å². The van der Waals surface area contributed by atoms with E-state index in [0.29, 0.717) is 5.92 Å². The van der Waals surface area contributed by atoms with Crippen molar-refractivity contribution in [2.75, 3.05) is 0 Å². The molecular weight excluding hydrogens is 254 g/mol. The summed E-state index contributed by atoms with van der Waals surface area (Å²) in [6.45, 7) is 4.38. The van der Waals surface area contributed by atoms with Crippen LogP contribution in [0.4, 0.5) is 8.78 Å². The Morgan fingerprint density at radius 1 is 1.33 bits per heavy atom. The van der Waals surface area contributed by atoms with Gasteiger partial charge in [-0.15, -0.1) is 11.6 Å². The Morgan fingerprint density at radius 2 is 1.94 bits per heavy atom. The van der Waals surface area contributed by atoms with Crippen molar-refractivity contribution < 1.29 is 8.78 Å². The van der Waals surface area contributed by atoms with Crippen LogP contribution in [0.2, 0.25) is 0 Å². The van der Waals surface area contributed by atoms with Gasteiger partial charge in [-0.3, -0.25) is 0 Å². The molecule has 0 aromatic heterocycles. The van der Waals surface area contributed by atoms with Gasteiger partial charge in [0.1, 0.15) is 11.6 Å². The highest BCUT2D eigenvalue weighted by Gasteiger charge is 2.39. The summed E-state index contributed by atoms with van der Waals surface area (Å²) in [7, 11) is 0. The van der Waals surface area contributed by atoms with Gasteiger partial charge < -0.3 is 0 Å². The van der Waals surface area contributed by atoms with Crippen LogP contribution in [0.1, 0.15) is 38.7 Å². The average molecular weight is 273 g/mol. The number of rotatable bonds is 3. The molecule has 0 nitrogen and oxygen atoms in total. The van der Waals surface area contributed by atoms with Crippen LogP contribution in [0, 0.1) is 23.0 Å². The molecule has 0 radical (unpaired) electrons. The van der Waals surface area contributed by atoms with E-state index in [9.17, 15) is 8.78 Å². The summed E-state index contributed by atoms with van der Waals surface area (Å²) in [5.74, 6) is -0.647. The van der Waals surface area contributed by atoms with Gasteiger partial charge in [-0.2, -0.15) is 0 Å². The van der Waals surface area contributed by atoms with Crippen molar-refractivity contribution in [3.8, 4) is 0 Å². The van der Waals surface area contributed by atoms with E-state index in [4.69, 9.17) is 11.6 Å². The highest BCUT2D eigenvalue weighted by molar-refractivity contribution is 6.21. The van der Waals surface area contributed by atoms with Gasteiger partial charge in [0.05, 0.1) is 0 Å². The summed E-state index contributed by atoms with van der Waals surface area (Å²) in [4.78, 5) is 0. The first-order valence-electron chi connectivity index (χ1n) is 6.49. The second kappa shape index (κ2) is 5.16. The topological polar surface area (TPSA) is 0 Å². The van der Waals surface area contributed by atoms with Crippen molar-refractivity contribution in [1.82, 2.24) is 0 Å². The van der Waals surface area contributed by atoms with Crippen LogP contribution in [0.25, 0.3) is 0 Å². The molecule has 0 spiro atoms. The third-order valence-corrected chi connectivity index (χ3v) is 4.70. The lowest BCUT2D eigenvalue weighted by Crippen LogP contribution is -2.28. The van der Waals surface area contributed by atoms with Gasteiger partial charge in [0.25, 0.3) is 0 Å². The predicted molar refractivity (Wildman–Crippen MR) is 70.8 cm³/mol. The Bertz CT molecular complexity index is 408. The highest BCUT2D eigenvalue weighted by atomic mass is 35.5. The smallest absolute Gasteiger partial charge is 0.129 e. The van der Waals surface area contributed by atoms with Crippen LogP contribution >= 0.6 is 11.6 Å². The Kier molecular flexibility index (Phi) is 3.96. The maximum Gasteiger partial charge on any atom is 0.129 e. The molecule has 2 atom stereocenters. The first kappa shape index (κ1) is 13.8. The van der Waals surface area contributed by atoms with Gasteiger partial charge in [-0.05, 0) is 42.7 Å². The third-order valence-electron chi connectivity index (χ3n) is 4.24. The van der Waals surface area contributed by atoms with Crippen LogP contribution in [0.5, 0.6) is 0 Å². The number of benzene rings is 1. The van der Waals surface area contributed by atoms with E-state index < -0.39 is 11.6 Å². The summed E-state index contributed by atoms with van der Waals surface area (Å²) >= 11 is 6.42. The van der Waals surface area contributed by atoms with E-state index in [1.165, 1.54) is 18.2 Å². The van der Waals surface area contributed by atoms with Gasteiger partial charge in [0.2, 0.25) is 0 Å². The predicted octanol–water partition coefficient (Wildman–Crippen LogP) is 4.94. The molecule has 100 valence electrons. The molecule has 0 heterocycles. The van der Waals surface area contributed by atoms with Crippen LogP contribution < -0.4 is 0 Å². The van der Waals surface area contributed by atoms with Crippen molar-refractivity contribution in [2.24, 2.45) is 11.3 Å². The summed E-state index contributed by atoms with van der Waals surface area (Å²) < 4.78 is 27.2. The van der Waals surface area contributed by atoms with Crippen LogP contribution in [-0.4, -0.2) is 5.38 Å². The average Bonchev–Trinajstić information content (AvgIpc) is 2.63. The lowest BCUT2D eigenvalue weighted by atomic mass is 9.78. The van der Waals surface area contributed by atoms with E-state index in [-0.39, 0.29) is 22.8 Å². The quantitative estimate of drug-likeness (QED) is 0.684. The largest absolute Gasteiger partial charge is 0.207 e. The second-order valence-corrected chi connectivity index (χ2v) is 6.47. The number of alkyl halides is 1. The summed E-state index contributed by atoms with van der Waals surface area (Å²) in [6.07, 6.45) is 3.62. The molecule has 18 heavy (non-hydrogen) atoms. The molecule has 1 aromatic rings. The standard InChI is InChI=1S/C15H19ClF2/c1-15(2)8-4-5-11(15)12(16)9-10-13(17)6-3-7-14(10)18/h3,6-7,11-12H,4-5,8-9H2,1-2H3. The molecule has 2 unspecified atom stereocenters. The van der Waals surface area contributed by atoms with Crippen molar-refractivity contribution in [1.29, 1.82) is 0 Å². The highest BCUT2D eigenvalue weighted by Crippen LogP contribution is 2.46. The summed E-state index contributed by atoms with van der Waals surface area (Å²) in [6, 6.07) is 3.97. The monoisotopic (exact) mass is 272 g/mol. The van der Waals surface area contributed by atoms with Gasteiger partial charge in [-0.1, -0.05) is 26.3 Å². The Hall–Kier alpha value is -0.630. The van der Waals surface area contributed by atoms with E-state index in [1.54, 1.807) is 0 Å². The van der Waals surface area contributed by atoms with E-state index in [1.807, 2.05) is 0 Å². The number of hydrogen-bond acceptors (Lipinski definition) is 0. The van der Waals surface area contributed by atoms with Crippen LogP contribution in [0.3, 0.4) is 0 Å². The Balaban J connectivity index is 2.14. The molecule has 0 aliphatic heterocycles. The van der Waals surface area contributed by atoms with Gasteiger partial charge in [-0.25, -0.2) is 8.78 Å². The third kappa shape index (κ3) is 2.69. The lowest BCUT2D eigenvalue weighted by Gasteiger charge is -2.31. The Morgan fingerprint density at radius 3 is 2.44 bits per heavy atom. The number of hydrogen-bond donors (Lipinski definition) is 0. The molecular formula is C15H19ClF2. The fraction of sp³-hybridized carbons (Fsp3) is 0.600. The maximum atomic E-state index is 13.6. The molecule has 1 aliphatic rings. The molecule has 2 rings (SSSR count). The summed E-state index contributed by atoms with van der Waals surface area (Å²) in [5, 5.41) is -0.200. The second-order valence-electron chi connectivity index (χ2n) is 5.91. The molecule has 1 aliphatic carbocycles. The van der Waals surface area contributed by atoms with Gasteiger partial charge in [0.15, 0.2) is 0 Å². The first-order valence-corrected chi connectivity index (χ1v) is 6.92. The zero-order valence-corrected chi connectivity index (χ0v) is 11.6. The Labute approximate surface area is 112 Å². The molecule has 0 amide bonds. The molecule has 3 heteroatoms. The zero-order chi connectivity index (χ0) is 13.3. The maximum absolute atomic E-state index is 13.6. The van der Waals surface area contributed by atoms with E-state index in [0.717, 1.165) is 19.3 Å². The normalized spacial score (nSPS) is 24.2. The van der Waals surface area contributed by atoms with E-state index in [2.05, 4.69) is 13.8 Å². The summed E-state index contributed by atoms with van der Waals surface area (Å²) in [5.41, 5.74) is 0.300. The fourth-order valence-corrected chi connectivity index (χ4v) is 3.71. The van der Waals surface area contributed by atoms with Crippen molar-refractivity contribution in [2.45, 2.75) is 44.9 Å². The SMILES string of the molecule is CC1(C)CCCC1C(Cl)Cc1c(F)cccc1F. The molecule has 0 N–H and O–H groups in total. The van der Waals surface area contributed by atoms with Gasteiger partial charge in [0, 0.05) is 10.9 Å². The first-order chi connectivity index (χ1) is 8.42. The van der Waals surface area contributed by atoms with E-state index >= 15 is 0 Å². The minimum absolute atomic E-state index is 0.125. The van der Waals surface area contributed by atoms with Crippen LogP contribution in [0.15, 0.2) is 18.2 Å². The molecule has 1 fully saturated rings. The molecule has 0 bridgehead atoms. The van der Waals surface area contributed by atoms with Crippen molar-refractivity contribution in [3.05, 3.63) is 35.4 Å². The lowest BCUT2D eigenvalue weighted by molar-refractivity contribution is 0.249. The molecule has 1 aromatic carbocycles. The fourth-order valence-electron chi connectivity index (χ4n) is 3.09. The van der Waals surface area contributed by atoms with Crippen molar-refractivity contribution in [3.63, 3.8) is 0 Å². The zero-order valence-electron chi connectivity index (χ0n) is 10.8.